The maximum absolute atomic E-state index is 13.0. The molecule has 1 saturated heterocycles. The van der Waals surface area contributed by atoms with Crippen LogP contribution in [0.2, 0.25) is 0 Å². The highest BCUT2D eigenvalue weighted by Gasteiger charge is 2.36. The summed E-state index contributed by atoms with van der Waals surface area (Å²) in [4.78, 5) is 38.6. The first kappa shape index (κ1) is 18.4. The molecule has 1 N–H and O–H groups in total. The van der Waals surface area contributed by atoms with Gasteiger partial charge in [0.15, 0.2) is 0 Å². The molecule has 0 aliphatic carbocycles. The van der Waals surface area contributed by atoms with Crippen molar-refractivity contribution in [2.75, 3.05) is 4.90 Å². The number of benzene rings is 2. The molecule has 29 heavy (non-hydrogen) atoms. The standard InChI is InChI=1S/C23H19N3O3/c1-15-13-17(16(2)25(15)18-9-5-3-6-10-18)14-20-21(27)24-23(29)26(22(20)28)19-11-7-4-8-12-19/h3-14H,1-2H3,(H,24,27,29). The third kappa shape index (κ3) is 3.25. The minimum absolute atomic E-state index is 0.0817. The number of urea groups is 1. The van der Waals surface area contributed by atoms with E-state index in [-0.39, 0.29) is 5.57 Å². The first-order valence-electron chi connectivity index (χ1n) is 9.18. The summed E-state index contributed by atoms with van der Waals surface area (Å²) in [5.74, 6) is -1.34. The lowest BCUT2D eigenvalue weighted by Crippen LogP contribution is -2.54. The van der Waals surface area contributed by atoms with Gasteiger partial charge < -0.3 is 4.57 Å². The summed E-state index contributed by atoms with van der Waals surface area (Å²) in [6.07, 6.45) is 1.54. The lowest BCUT2D eigenvalue weighted by molar-refractivity contribution is -0.122. The summed E-state index contributed by atoms with van der Waals surface area (Å²) in [5, 5.41) is 2.25. The van der Waals surface area contributed by atoms with Crippen molar-refractivity contribution >= 4 is 29.6 Å². The summed E-state index contributed by atoms with van der Waals surface area (Å²) >= 11 is 0. The highest BCUT2D eigenvalue weighted by Crippen LogP contribution is 2.25. The number of para-hydroxylation sites is 2. The van der Waals surface area contributed by atoms with Crippen LogP contribution in [0.5, 0.6) is 0 Å². The number of nitrogens with zero attached hydrogens (tertiary/aromatic N) is 2. The molecule has 6 heteroatoms. The summed E-state index contributed by atoms with van der Waals surface area (Å²) in [5.41, 5.74) is 3.93. The zero-order valence-corrected chi connectivity index (χ0v) is 16.0. The number of hydrogen-bond acceptors (Lipinski definition) is 3. The van der Waals surface area contributed by atoms with Crippen LogP contribution in [-0.4, -0.2) is 22.4 Å². The van der Waals surface area contributed by atoms with Crippen molar-refractivity contribution in [3.8, 4) is 5.69 Å². The molecule has 1 aliphatic rings. The van der Waals surface area contributed by atoms with Crippen molar-refractivity contribution < 1.29 is 14.4 Å². The Morgan fingerprint density at radius 3 is 2.03 bits per heavy atom. The van der Waals surface area contributed by atoms with Crippen molar-refractivity contribution in [2.45, 2.75) is 13.8 Å². The van der Waals surface area contributed by atoms with E-state index in [4.69, 9.17) is 0 Å². The average Bonchev–Trinajstić information content (AvgIpc) is 2.99. The highest BCUT2D eigenvalue weighted by atomic mass is 16.2. The van der Waals surface area contributed by atoms with Crippen LogP contribution < -0.4 is 10.2 Å². The van der Waals surface area contributed by atoms with Crippen LogP contribution in [0.4, 0.5) is 10.5 Å². The number of amides is 4. The van der Waals surface area contributed by atoms with E-state index in [1.807, 2.05) is 50.2 Å². The molecule has 0 atom stereocenters. The van der Waals surface area contributed by atoms with Gasteiger partial charge in [0.25, 0.3) is 11.8 Å². The molecule has 6 nitrogen and oxygen atoms in total. The molecule has 1 fully saturated rings. The van der Waals surface area contributed by atoms with Crippen molar-refractivity contribution in [2.24, 2.45) is 0 Å². The van der Waals surface area contributed by atoms with Crippen LogP contribution >= 0.6 is 0 Å². The molecule has 3 aromatic rings. The molecule has 2 aromatic carbocycles. The maximum Gasteiger partial charge on any atom is 0.335 e. The van der Waals surface area contributed by atoms with Crippen LogP contribution in [0.15, 0.2) is 72.3 Å². The van der Waals surface area contributed by atoms with Gasteiger partial charge in [0, 0.05) is 17.1 Å². The van der Waals surface area contributed by atoms with Crippen molar-refractivity contribution in [3.05, 3.63) is 89.3 Å². The van der Waals surface area contributed by atoms with Gasteiger partial charge in [-0.3, -0.25) is 14.9 Å². The second-order valence-corrected chi connectivity index (χ2v) is 6.79. The SMILES string of the molecule is Cc1cc(C=C2C(=O)NC(=O)N(c3ccccc3)C2=O)c(C)n1-c1ccccc1. The zero-order valence-electron chi connectivity index (χ0n) is 16.0. The Kier molecular flexibility index (Phi) is 4.60. The fraction of sp³-hybridized carbons (Fsp3) is 0.0870. The molecular formula is C23H19N3O3. The fourth-order valence-corrected chi connectivity index (χ4v) is 3.53. The lowest BCUT2D eigenvalue weighted by Gasteiger charge is -2.26. The third-order valence-electron chi connectivity index (χ3n) is 4.90. The van der Waals surface area contributed by atoms with Gasteiger partial charge >= 0.3 is 6.03 Å². The van der Waals surface area contributed by atoms with E-state index in [9.17, 15) is 14.4 Å². The minimum atomic E-state index is -0.752. The number of carbonyl (C=O) groups is 3. The number of rotatable bonds is 3. The molecule has 0 bridgehead atoms. The number of nitrogens with one attached hydrogen (secondary N) is 1. The molecule has 144 valence electrons. The largest absolute Gasteiger partial charge is 0.335 e. The van der Waals surface area contributed by atoms with Crippen LogP contribution in [0.1, 0.15) is 17.0 Å². The molecule has 0 saturated carbocycles. The smallest absolute Gasteiger partial charge is 0.318 e. The van der Waals surface area contributed by atoms with Gasteiger partial charge in [0.05, 0.1) is 5.69 Å². The maximum atomic E-state index is 13.0. The van der Waals surface area contributed by atoms with Crippen molar-refractivity contribution in [3.63, 3.8) is 0 Å². The van der Waals surface area contributed by atoms with Crippen molar-refractivity contribution in [1.82, 2.24) is 9.88 Å². The third-order valence-corrected chi connectivity index (χ3v) is 4.90. The predicted molar refractivity (Wildman–Crippen MR) is 111 cm³/mol. The van der Waals surface area contributed by atoms with Gasteiger partial charge in [-0.1, -0.05) is 36.4 Å². The Balaban J connectivity index is 1.77. The predicted octanol–water partition coefficient (Wildman–Crippen LogP) is 3.76. The Labute approximate surface area is 168 Å². The highest BCUT2D eigenvalue weighted by molar-refractivity contribution is 6.39. The van der Waals surface area contributed by atoms with Crippen molar-refractivity contribution in [1.29, 1.82) is 0 Å². The Morgan fingerprint density at radius 1 is 0.828 bits per heavy atom. The Hall–Kier alpha value is -3.93. The second kappa shape index (κ2) is 7.24. The number of hydrogen-bond donors (Lipinski definition) is 1. The number of aryl methyl sites for hydroxylation is 1. The van der Waals surface area contributed by atoms with Gasteiger partial charge in [-0.15, -0.1) is 0 Å². The van der Waals surface area contributed by atoms with Gasteiger partial charge in [0.2, 0.25) is 0 Å². The summed E-state index contributed by atoms with van der Waals surface area (Å²) in [6, 6.07) is 19.5. The lowest BCUT2D eigenvalue weighted by atomic mass is 10.1. The molecule has 4 amide bonds. The van der Waals surface area contributed by atoms with E-state index in [0.717, 1.165) is 27.5 Å². The van der Waals surface area contributed by atoms with Crippen LogP contribution in [0, 0.1) is 13.8 Å². The number of carbonyl (C=O) groups excluding carboxylic acids is 3. The number of aromatic nitrogens is 1. The van der Waals surface area contributed by atoms with Crippen LogP contribution in [0.25, 0.3) is 11.8 Å². The molecule has 1 aliphatic heterocycles. The average molecular weight is 385 g/mol. The van der Waals surface area contributed by atoms with Gasteiger partial charge in [-0.25, -0.2) is 9.69 Å². The summed E-state index contributed by atoms with van der Waals surface area (Å²) in [6.45, 7) is 3.89. The van der Waals surface area contributed by atoms with Gasteiger partial charge in [0.1, 0.15) is 5.57 Å². The van der Waals surface area contributed by atoms with Gasteiger partial charge in [-0.05, 0) is 55.8 Å². The van der Waals surface area contributed by atoms with Gasteiger partial charge in [-0.2, -0.15) is 0 Å². The number of imide groups is 2. The monoisotopic (exact) mass is 385 g/mol. The first-order valence-corrected chi connectivity index (χ1v) is 9.18. The quantitative estimate of drug-likeness (QED) is 0.551. The number of anilines is 1. The molecule has 2 heterocycles. The Bertz CT molecular complexity index is 1140. The summed E-state index contributed by atoms with van der Waals surface area (Å²) < 4.78 is 2.05. The number of barbiturate groups is 1. The van der Waals surface area contributed by atoms with E-state index in [2.05, 4.69) is 9.88 Å². The molecule has 0 radical (unpaired) electrons. The van der Waals surface area contributed by atoms with E-state index >= 15 is 0 Å². The van der Waals surface area contributed by atoms with E-state index < -0.39 is 17.8 Å². The zero-order chi connectivity index (χ0) is 20.5. The first-order chi connectivity index (χ1) is 14.0. The topological polar surface area (TPSA) is 71.4 Å². The molecular weight excluding hydrogens is 366 g/mol. The fourth-order valence-electron chi connectivity index (χ4n) is 3.53. The molecule has 0 spiro atoms. The van der Waals surface area contributed by atoms with E-state index in [0.29, 0.717) is 5.69 Å². The van der Waals surface area contributed by atoms with E-state index in [1.165, 1.54) is 0 Å². The summed E-state index contributed by atoms with van der Waals surface area (Å²) in [7, 11) is 0. The normalized spacial score (nSPS) is 15.7. The second-order valence-electron chi connectivity index (χ2n) is 6.79. The minimum Gasteiger partial charge on any atom is -0.318 e. The molecule has 0 unspecified atom stereocenters. The van der Waals surface area contributed by atoms with Crippen LogP contribution in [-0.2, 0) is 9.59 Å². The van der Waals surface area contributed by atoms with E-state index in [1.54, 1.807) is 36.4 Å². The molecule has 4 rings (SSSR count). The Morgan fingerprint density at radius 2 is 1.41 bits per heavy atom. The molecule has 1 aromatic heterocycles. The van der Waals surface area contributed by atoms with Crippen LogP contribution in [0.3, 0.4) is 0 Å².